The molecule has 0 saturated carbocycles. The molecule has 0 spiro atoms. The van der Waals surface area contributed by atoms with E-state index in [2.05, 4.69) is 5.32 Å². The van der Waals surface area contributed by atoms with E-state index in [9.17, 15) is 13.2 Å². The Balaban J connectivity index is 2.01. The maximum absolute atomic E-state index is 12.2. The summed E-state index contributed by atoms with van der Waals surface area (Å²) in [5.41, 5.74) is 2.06. The van der Waals surface area contributed by atoms with E-state index >= 15 is 0 Å². The summed E-state index contributed by atoms with van der Waals surface area (Å²) >= 11 is 0. The van der Waals surface area contributed by atoms with Crippen molar-refractivity contribution in [3.63, 3.8) is 0 Å². The van der Waals surface area contributed by atoms with Gasteiger partial charge >= 0.3 is 0 Å². The van der Waals surface area contributed by atoms with Crippen molar-refractivity contribution >= 4 is 21.3 Å². The molecule has 104 valence electrons. The SMILES string of the molecule is CS(=O)(=O)CCCC(=O)C1CCNc2ccccc21. The summed E-state index contributed by atoms with van der Waals surface area (Å²) in [6.45, 7) is 0.791. The second kappa shape index (κ2) is 5.74. The highest BCUT2D eigenvalue weighted by Crippen LogP contribution is 2.32. The standard InChI is InChI=1S/C14H19NO3S/c1-19(17,18)10-4-7-14(16)12-8-9-15-13-6-3-2-5-11(12)13/h2-3,5-6,12,15H,4,7-10H2,1H3. The Morgan fingerprint density at radius 1 is 1.37 bits per heavy atom. The number of carbonyl (C=O) groups is 1. The zero-order valence-electron chi connectivity index (χ0n) is 11.1. The van der Waals surface area contributed by atoms with Gasteiger partial charge in [0.2, 0.25) is 0 Å². The minimum absolute atomic E-state index is 0.0861. The second-order valence-electron chi connectivity index (χ2n) is 5.06. The van der Waals surface area contributed by atoms with Gasteiger partial charge in [0.05, 0.1) is 5.75 Å². The van der Waals surface area contributed by atoms with Crippen molar-refractivity contribution < 1.29 is 13.2 Å². The molecular weight excluding hydrogens is 262 g/mol. The Morgan fingerprint density at radius 2 is 2.11 bits per heavy atom. The van der Waals surface area contributed by atoms with Gasteiger partial charge in [-0.1, -0.05) is 18.2 Å². The molecule has 1 unspecified atom stereocenters. The Hall–Kier alpha value is -1.36. The molecule has 1 heterocycles. The van der Waals surface area contributed by atoms with E-state index in [0.29, 0.717) is 12.8 Å². The van der Waals surface area contributed by atoms with Gasteiger partial charge in [0.25, 0.3) is 0 Å². The van der Waals surface area contributed by atoms with E-state index in [4.69, 9.17) is 0 Å². The monoisotopic (exact) mass is 281 g/mol. The van der Waals surface area contributed by atoms with Gasteiger partial charge in [0.1, 0.15) is 15.6 Å². The number of ketones is 1. The number of anilines is 1. The first-order valence-electron chi connectivity index (χ1n) is 6.50. The molecule has 0 bridgehead atoms. The Kier molecular flexibility index (Phi) is 4.24. The molecule has 1 aliphatic rings. The van der Waals surface area contributed by atoms with Crippen LogP contribution in [-0.2, 0) is 14.6 Å². The van der Waals surface area contributed by atoms with E-state index < -0.39 is 9.84 Å². The number of fused-ring (bicyclic) bond motifs is 1. The molecule has 0 aliphatic carbocycles. The summed E-state index contributed by atoms with van der Waals surface area (Å²) < 4.78 is 22.1. The summed E-state index contributed by atoms with van der Waals surface area (Å²) in [4.78, 5) is 12.2. The first kappa shape index (κ1) is 14.1. The highest BCUT2D eigenvalue weighted by Gasteiger charge is 2.25. The number of carbonyl (C=O) groups excluding carboxylic acids is 1. The molecule has 1 N–H and O–H groups in total. The number of Topliss-reactive ketones (excluding diaryl/α,β-unsaturated/α-hetero) is 1. The van der Waals surface area contributed by atoms with Gasteiger partial charge in [0, 0.05) is 30.8 Å². The van der Waals surface area contributed by atoms with Gasteiger partial charge < -0.3 is 5.32 Å². The van der Waals surface area contributed by atoms with Crippen molar-refractivity contribution in [3.8, 4) is 0 Å². The van der Waals surface area contributed by atoms with E-state index in [1.165, 1.54) is 6.26 Å². The van der Waals surface area contributed by atoms with Gasteiger partial charge in [-0.05, 0) is 24.5 Å². The Morgan fingerprint density at radius 3 is 2.84 bits per heavy atom. The fraction of sp³-hybridized carbons (Fsp3) is 0.500. The van der Waals surface area contributed by atoms with Gasteiger partial charge in [-0.2, -0.15) is 0 Å². The van der Waals surface area contributed by atoms with Crippen molar-refractivity contribution in [3.05, 3.63) is 29.8 Å². The topological polar surface area (TPSA) is 63.2 Å². The van der Waals surface area contributed by atoms with Crippen molar-refractivity contribution in [2.24, 2.45) is 0 Å². The highest BCUT2D eigenvalue weighted by atomic mass is 32.2. The van der Waals surface area contributed by atoms with Crippen LogP contribution in [-0.4, -0.2) is 32.8 Å². The fourth-order valence-electron chi connectivity index (χ4n) is 2.49. The molecule has 0 radical (unpaired) electrons. The minimum Gasteiger partial charge on any atom is -0.385 e. The smallest absolute Gasteiger partial charge is 0.147 e. The number of para-hydroxylation sites is 1. The number of hydrogen-bond acceptors (Lipinski definition) is 4. The minimum atomic E-state index is -2.98. The van der Waals surface area contributed by atoms with Crippen LogP contribution in [0.15, 0.2) is 24.3 Å². The molecule has 5 heteroatoms. The van der Waals surface area contributed by atoms with Crippen LogP contribution < -0.4 is 5.32 Å². The van der Waals surface area contributed by atoms with Gasteiger partial charge in [-0.25, -0.2) is 8.42 Å². The maximum atomic E-state index is 12.2. The fourth-order valence-corrected chi connectivity index (χ4v) is 3.15. The number of nitrogens with one attached hydrogen (secondary N) is 1. The molecule has 0 fully saturated rings. The molecular formula is C14H19NO3S. The van der Waals surface area contributed by atoms with Crippen molar-refractivity contribution in [2.75, 3.05) is 23.9 Å². The number of rotatable bonds is 5. The summed E-state index contributed by atoms with van der Waals surface area (Å²) in [5.74, 6) is 0.153. The predicted molar refractivity (Wildman–Crippen MR) is 76.2 cm³/mol. The third kappa shape index (κ3) is 3.80. The molecule has 1 atom stereocenters. The average molecular weight is 281 g/mol. The second-order valence-corrected chi connectivity index (χ2v) is 7.31. The summed E-state index contributed by atoms with van der Waals surface area (Å²) in [5, 5.41) is 3.28. The molecule has 0 amide bonds. The van der Waals surface area contributed by atoms with E-state index in [-0.39, 0.29) is 17.5 Å². The summed E-state index contributed by atoms with van der Waals surface area (Å²) in [6, 6.07) is 7.83. The predicted octanol–water partition coefficient (Wildman–Crippen LogP) is 1.98. The summed E-state index contributed by atoms with van der Waals surface area (Å²) in [7, 11) is -2.98. The normalized spacial score (nSPS) is 18.5. The molecule has 1 aliphatic heterocycles. The van der Waals surface area contributed by atoms with Crippen LogP contribution in [0.25, 0.3) is 0 Å². The van der Waals surface area contributed by atoms with Gasteiger partial charge in [0.15, 0.2) is 0 Å². The van der Waals surface area contributed by atoms with Crippen molar-refractivity contribution in [1.29, 1.82) is 0 Å². The van der Waals surface area contributed by atoms with Crippen molar-refractivity contribution in [2.45, 2.75) is 25.2 Å². The first-order chi connectivity index (χ1) is 8.97. The van der Waals surface area contributed by atoms with Crippen LogP contribution in [0.2, 0.25) is 0 Å². The molecule has 1 aromatic rings. The van der Waals surface area contributed by atoms with Crippen molar-refractivity contribution in [1.82, 2.24) is 0 Å². The number of hydrogen-bond donors (Lipinski definition) is 1. The third-order valence-corrected chi connectivity index (χ3v) is 4.44. The lowest BCUT2D eigenvalue weighted by Crippen LogP contribution is -2.23. The molecule has 19 heavy (non-hydrogen) atoms. The van der Waals surface area contributed by atoms with Crippen LogP contribution in [0.3, 0.4) is 0 Å². The largest absolute Gasteiger partial charge is 0.385 e. The zero-order valence-corrected chi connectivity index (χ0v) is 11.9. The quantitative estimate of drug-likeness (QED) is 0.896. The lowest BCUT2D eigenvalue weighted by atomic mass is 9.86. The average Bonchev–Trinajstić information content (AvgIpc) is 2.36. The molecule has 1 aromatic carbocycles. The van der Waals surface area contributed by atoms with Crippen LogP contribution in [0, 0.1) is 0 Å². The molecule has 0 aromatic heterocycles. The van der Waals surface area contributed by atoms with Crippen LogP contribution in [0.4, 0.5) is 5.69 Å². The van der Waals surface area contributed by atoms with Gasteiger partial charge in [-0.3, -0.25) is 4.79 Å². The van der Waals surface area contributed by atoms with E-state index in [1.54, 1.807) is 0 Å². The lowest BCUT2D eigenvalue weighted by Gasteiger charge is -2.25. The maximum Gasteiger partial charge on any atom is 0.147 e. The molecule has 0 saturated heterocycles. The molecule has 4 nitrogen and oxygen atoms in total. The van der Waals surface area contributed by atoms with E-state index in [0.717, 1.165) is 24.2 Å². The number of sulfone groups is 1. The number of benzene rings is 1. The Bertz CT molecular complexity index is 566. The van der Waals surface area contributed by atoms with E-state index in [1.807, 2.05) is 24.3 Å². The molecule has 2 rings (SSSR count). The van der Waals surface area contributed by atoms with Crippen LogP contribution in [0.1, 0.15) is 30.7 Å². The van der Waals surface area contributed by atoms with Crippen LogP contribution in [0.5, 0.6) is 0 Å². The third-order valence-electron chi connectivity index (χ3n) is 3.41. The first-order valence-corrected chi connectivity index (χ1v) is 8.56. The zero-order chi connectivity index (χ0) is 13.9. The Labute approximate surface area is 114 Å². The summed E-state index contributed by atoms with van der Waals surface area (Å²) in [6.07, 6.45) is 2.75. The van der Waals surface area contributed by atoms with Gasteiger partial charge in [-0.15, -0.1) is 0 Å². The highest BCUT2D eigenvalue weighted by molar-refractivity contribution is 7.90. The lowest BCUT2D eigenvalue weighted by molar-refractivity contribution is -0.120. The van der Waals surface area contributed by atoms with Crippen LogP contribution >= 0.6 is 0 Å².